The van der Waals surface area contributed by atoms with Gasteiger partial charge in [-0.1, -0.05) is 6.07 Å². The molecule has 2 fully saturated rings. The zero-order chi connectivity index (χ0) is 24.5. The van der Waals surface area contributed by atoms with Crippen LogP contribution in [0.3, 0.4) is 0 Å². The van der Waals surface area contributed by atoms with Gasteiger partial charge in [0.2, 0.25) is 5.91 Å². The first-order valence-corrected chi connectivity index (χ1v) is 12.3. The summed E-state index contributed by atoms with van der Waals surface area (Å²) in [5, 5.41) is 2.04. The Morgan fingerprint density at radius 3 is 2.46 bits per heavy atom. The number of nitrogens with zero attached hydrogens (tertiary/aromatic N) is 1. The van der Waals surface area contributed by atoms with Crippen molar-refractivity contribution in [3.05, 3.63) is 76.0 Å². The lowest BCUT2D eigenvalue weighted by Crippen LogP contribution is -2.41. The number of nitrogens with one attached hydrogen (secondary N) is 2. The number of anilines is 1. The van der Waals surface area contributed by atoms with Gasteiger partial charge < -0.3 is 19.1 Å². The van der Waals surface area contributed by atoms with Gasteiger partial charge in [0.05, 0.1) is 38.5 Å². The van der Waals surface area contributed by atoms with Gasteiger partial charge in [0.15, 0.2) is 0 Å². The van der Waals surface area contributed by atoms with E-state index in [2.05, 4.69) is 16.9 Å². The van der Waals surface area contributed by atoms with Crippen molar-refractivity contribution >= 4 is 28.9 Å². The van der Waals surface area contributed by atoms with Gasteiger partial charge in [-0.25, -0.2) is 15.6 Å². The number of amides is 1. The quantitative estimate of drug-likeness (QED) is 0.483. The number of hydrogen-bond acceptors (Lipinski definition) is 8. The number of fused-ring (bicyclic) bond motifs is 1. The molecule has 3 heterocycles. The summed E-state index contributed by atoms with van der Waals surface area (Å²) in [5.41, 5.74) is 8.61. The van der Waals surface area contributed by atoms with Crippen molar-refractivity contribution in [2.75, 3.05) is 25.7 Å². The molecule has 1 amide bonds. The van der Waals surface area contributed by atoms with Crippen molar-refractivity contribution in [2.24, 2.45) is 5.92 Å². The highest BCUT2D eigenvalue weighted by molar-refractivity contribution is 7.10. The molecule has 0 bridgehead atoms. The van der Waals surface area contributed by atoms with Gasteiger partial charge in [-0.15, -0.1) is 11.3 Å². The first-order chi connectivity index (χ1) is 17.1. The molecule has 0 aliphatic carbocycles. The molecule has 8 nitrogen and oxygen atoms in total. The summed E-state index contributed by atoms with van der Waals surface area (Å²) in [5.74, 6) is 0.782. The minimum absolute atomic E-state index is 0.0479. The van der Waals surface area contributed by atoms with Crippen molar-refractivity contribution < 1.29 is 23.8 Å². The van der Waals surface area contributed by atoms with E-state index in [9.17, 15) is 9.59 Å². The SMILES string of the molecule is CCOC(=O)c1ccc(N2C(=O)C3NNC(c4cccs4)C3C2c2ccc(OC)cc2OC)cc1. The Kier molecular flexibility index (Phi) is 6.46. The third-order valence-corrected chi connectivity index (χ3v) is 7.53. The summed E-state index contributed by atoms with van der Waals surface area (Å²) in [6, 6.07) is 15.9. The number of hydrazine groups is 1. The average Bonchev–Trinajstić information content (AvgIpc) is 3.62. The van der Waals surface area contributed by atoms with E-state index in [1.807, 2.05) is 34.5 Å². The highest BCUT2D eigenvalue weighted by Crippen LogP contribution is 2.51. The first kappa shape index (κ1) is 23.3. The highest BCUT2D eigenvalue weighted by Gasteiger charge is 2.56. The Bertz CT molecular complexity index is 1210. The van der Waals surface area contributed by atoms with Crippen molar-refractivity contribution in [2.45, 2.75) is 25.0 Å². The van der Waals surface area contributed by atoms with Crippen LogP contribution in [0.25, 0.3) is 0 Å². The number of ether oxygens (including phenoxy) is 3. The molecular weight excluding hydrogens is 466 g/mol. The second-order valence-corrected chi connectivity index (χ2v) is 9.34. The molecule has 0 spiro atoms. The van der Waals surface area contributed by atoms with E-state index in [1.54, 1.807) is 56.7 Å². The van der Waals surface area contributed by atoms with Gasteiger partial charge in [0.25, 0.3) is 0 Å². The maximum Gasteiger partial charge on any atom is 0.338 e. The predicted molar refractivity (Wildman–Crippen MR) is 133 cm³/mol. The van der Waals surface area contributed by atoms with Crippen LogP contribution in [0.4, 0.5) is 5.69 Å². The molecule has 2 aliphatic heterocycles. The lowest BCUT2D eigenvalue weighted by Gasteiger charge is -2.32. The molecule has 3 aromatic rings. The summed E-state index contributed by atoms with van der Waals surface area (Å²) in [7, 11) is 3.23. The number of esters is 1. The number of methoxy groups -OCH3 is 2. The molecule has 4 unspecified atom stereocenters. The Morgan fingerprint density at radius 2 is 1.80 bits per heavy atom. The van der Waals surface area contributed by atoms with E-state index in [-0.39, 0.29) is 29.9 Å². The second kappa shape index (κ2) is 9.69. The number of carbonyl (C=O) groups excluding carboxylic acids is 2. The smallest absolute Gasteiger partial charge is 0.338 e. The molecule has 4 atom stereocenters. The zero-order valence-electron chi connectivity index (χ0n) is 19.7. The molecule has 2 aliphatic rings. The normalized spacial score (nSPS) is 23.3. The lowest BCUT2D eigenvalue weighted by molar-refractivity contribution is -0.119. The van der Waals surface area contributed by atoms with E-state index in [1.165, 1.54) is 0 Å². The van der Waals surface area contributed by atoms with Crippen molar-refractivity contribution in [3.63, 3.8) is 0 Å². The maximum atomic E-state index is 13.8. The fraction of sp³-hybridized carbons (Fsp3) is 0.308. The standard InChI is InChI=1S/C26H27N3O5S/c1-4-34-26(31)15-7-9-16(10-8-15)29-24(18-12-11-17(32-2)14-19(18)33-3)21-22(20-6-5-13-35-20)27-28-23(21)25(29)30/h5-14,21-24,27-28H,4H2,1-3H3. The molecule has 1 aromatic heterocycles. The molecule has 9 heteroatoms. The Labute approximate surface area is 207 Å². The van der Waals surface area contributed by atoms with Crippen LogP contribution in [0, 0.1) is 5.92 Å². The van der Waals surface area contributed by atoms with Gasteiger partial charge in [-0.3, -0.25) is 4.79 Å². The topological polar surface area (TPSA) is 89.1 Å². The summed E-state index contributed by atoms with van der Waals surface area (Å²) >= 11 is 1.66. The number of hydrogen-bond donors (Lipinski definition) is 2. The summed E-state index contributed by atoms with van der Waals surface area (Å²) in [6.07, 6.45) is 0. The third-order valence-electron chi connectivity index (χ3n) is 6.58. The highest BCUT2D eigenvalue weighted by atomic mass is 32.1. The summed E-state index contributed by atoms with van der Waals surface area (Å²) in [6.45, 7) is 2.07. The van der Waals surface area contributed by atoms with Gasteiger partial charge in [0.1, 0.15) is 17.5 Å². The molecule has 35 heavy (non-hydrogen) atoms. The van der Waals surface area contributed by atoms with Crippen molar-refractivity contribution in [1.29, 1.82) is 0 Å². The van der Waals surface area contributed by atoms with Gasteiger partial charge in [-0.05, 0) is 54.8 Å². The molecule has 2 saturated heterocycles. The third kappa shape index (κ3) is 4.05. The van der Waals surface area contributed by atoms with E-state index in [0.717, 1.165) is 10.4 Å². The average molecular weight is 494 g/mol. The monoisotopic (exact) mass is 493 g/mol. The van der Waals surface area contributed by atoms with Crippen molar-refractivity contribution in [3.8, 4) is 11.5 Å². The van der Waals surface area contributed by atoms with Crippen LogP contribution in [-0.4, -0.2) is 38.7 Å². The van der Waals surface area contributed by atoms with Crippen LogP contribution in [0.2, 0.25) is 0 Å². The predicted octanol–water partition coefficient (Wildman–Crippen LogP) is 3.86. The van der Waals surface area contributed by atoms with E-state index >= 15 is 0 Å². The van der Waals surface area contributed by atoms with Crippen LogP contribution in [-0.2, 0) is 9.53 Å². The van der Waals surface area contributed by atoms with Gasteiger partial charge in [-0.2, -0.15) is 0 Å². The van der Waals surface area contributed by atoms with E-state index in [4.69, 9.17) is 14.2 Å². The number of carbonyl (C=O) groups is 2. The van der Waals surface area contributed by atoms with Crippen molar-refractivity contribution in [1.82, 2.24) is 10.9 Å². The number of thiophene rings is 1. The van der Waals surface area contributed by atoms with Crippen LogP contribution in [0.5, 0.6) is 11.5 Å². The van der Waals surface area contributed by atoms with E-state index < -0.39 is 6.04 Å². The number of benzene rings is 2. The molecule has 5 rings (SSSR count). The molecule has 0 saturated carbocycles. The van der Waals surface area contributed by atoms with Gasteiger partial charge in [0, 0.05) is 28.1 Å². The Balaban J connectivity index is 1.61. The molecular formula is C26H27N3O5S. The number of rotatable bonds is 7. The summed E-state index contributed by atoms with van der Waals surface area (Å²) < 4.78 is 16.3. The largest absolute Gasteiger partial charge is 0.497 e. The molecule has 2 aromatic carbocycles. The van der Waals surface area contributed by atoms with Crippen LogP contribution >= 0.6 is 11.3 Å². The first-order valence-electron chi connectivity index (χ1n) is 11.4. The minimum Gasteiger partial charge on any atom is -0.497 e. The fourth-order valence-corrected chi connectivity index (χ4v) is 5.85. The summed E-state index contributed by atoms with van der Waals surface area (Å²) in [4.78, 5) is 28.9. The Hall–Kier alpha value is -3.40. The Morgan fingerprint density at radius 1 is 1.03 bits per heavy atom. The van der Waals surface area contributed by atoms with E-state index in [0.29, 0.717) is 29.4 Å². The minimum atomic E-state index is -0.427. The zero-order valence-corrected chi connectivity index (χ0v) is 20.5. The van der Waals surface area contributed by atoms with Crippen LogP contribution in [0.15, 0.2) is 60.0 Å². The molecule has 182 valence electrons. The van der Waals surface area contributed by atoms with Gasteiger partial charge >= 0.3 is 5.97 Å². The fourth-order valence-electron chi connectivity index (χ4n) is 5.01. The van der Waals surface area contributed by atoms with Crippen LogP contribution < -0.4 is 25.2 Å². The molecule has 0 radical (unpaired) electrons. The van der Waals surface area contributed by atoms with Crippen LogP contribution in [0.1, 0.15) is 39.8 Å². The maximum absolute atomic E-state index is 13.8. The molecule has 2 N–H and O–H groups in total. The lowest BCUT2D eigenvalue weighted by atomic mass is 9.85. The second-order valence-electron chi connectivity index (χ2n) is 8.37.